The van der Waals surface area contributed by atoms with Crippen LogP contribution in [0.2, 0.25) is 0 Å². The summed E-state index contributed by atoms with van der Waals surface area (Å²) in [7, 11) is 0. The highest BCUT2D eigenvalue weighted by atomic mass is 16.3. The van der Waals surface area contributed by atoms with Gasteiger partial charge in [-0.2, -0.15) is 0 Å². The van der Waals surface area contributed by atoms with E-state index in [0.29, 0.717) is 0 Å². The molecule has 0 radical (unpaired) electrons. The van der Waals surface area contributed by atoms with Crippen LogP contribution in [0.15, 0.2) is 229 Å². The molecule has 0 atom stereocenters. The van der Waals surface area contributed by atoms with E-state index in [1.807, 2.05) is 12.1 Å². The molecule has 0 saturated carbocycles. The first-order chi connectivity index (χ1) is 27.8. The molecule has 1 aromatic heterocycles. The summed E-state index contributed by atoms with van der Waals surface area (Å²) in [6, 6.07) is 80.0. The van der Waals surface area contributed by atoms with Gasteiger partial charge in [0, 0.05) is 33.3 Å². The molecule has 0 bridgehead atoms. The van der Waals surface area contributed by atoms with Gasteiger partial charge in [0.15, 0.2) is 0 Å². The molecule has 56 heavy (non-hydrogen) atoms. The predicted molar refractivity (Wildman–Crippen MR) is 236 cm³/mol. The lowest BCUT2D eigenvalue weighted by Crippen LogP contribution is -2.11. The largest absolute Gasteiger partial charge is 0.455 e. The van der Waals surface area contributed by atoms with E-state index in [9.17, 15) is 0 Å². The van der Waals surface area contributed by atoms with Gasteiger partial charge in [0.05, 0.1) is 5.69 Å². The predicted octanol–water partition coefficient (Wildman–Crippen LogP) is 15.4. The molecule has 1 heterocycles. The molecule has 0 fully saturated rings. The summed E-state index contributed by atoms with van der Waals surface area (Å²) in [6.45, 7) is 0. The Morgan fingerprint density at radius 3 is 1.45 bits per heavy atom. The van der Waals surface area contributed by atoms with E-state index in [0.717, 1.165) is 72.4 Å². The van der Waals surface area contributed by atoms with Crippen molar-refractivity contribution in [3.05, 3.63) is 224 Å². The zero-order valence-corrected chi connectivity index (χ0v) is 30.7. The molecule has 10 rings (SSSR count). The Morgan fingerprint density at radius 2 is 0.768 bits per heavy atom. The van der Waals surface area contributed by atoms with Gasteiger partial charge in [-0.1, -0.05) is 182 Å². The van der Waals surface area contributed by atoms with Crippen molar-refractivity contribution in [1.82, 2.24) is 0 Å². The van der Waals surface area contributed by atoms with E-state index in [2.05, 4.69) is 217 Å². The van der Waals surface area contributed by atoms with Crippen LogP contribution >= 0.6 is 0 Å². The third kappa shape index (κ3) is 6.14. The standard InChI is InChI=1S/C54H37NO/c1-4-15-38(16-5-1)39-27-32-44(33-28-39)55(52-25-12-10-21-46(52)41-17-6-2-7-18-41)45-34-29-40(30-35-45)43-31-36-47(51(37-43)42-19-8-3-9-20-42)49-23-14-24-50-48-22-11-13-26-53(48)56-54(49)50/h1-37H. The van der Waals surface area contributed by atoms with Crippen LogP contribution in [0.5, 0.6) is 0 Å². The average Bonchev–Trinajstić information content (AvgIpc) is 3.67. The number of anilines is 3. The van der Waals surface area contributed by atoms with E-state index in [1.54, 1.807) is 0 Å². The molecule has 0 aliphatic carbocycles. The molecule has 264 valence electrons. The molecule has 0 aliphatic rings. The van der Waals surface area contributed by atoms with Crippen molar-refractivity contribution >= 4 is 39.0 Å². The molecule has 0 saturated heterocycles. The maximum atomic E-state index is 6.51. The van der Waals surface area contributed by atoms with Gasteiger partial charge in [-0.15, -0.1) is 0 Å². The summed E-state index contributed by atoms with van der Waals surface area (Å²) in [5.41, 5.74) is 16.7. The Labute approximate surface area is 327 Å². The van der Waals surface area contributed by atoms with Crippen LogP contribution in [0.3, 0.4) is 0 Å². The SMILES string of the molecule is c1ccc(-c2ccc(N(c3ccc(-c4ccc(-c5cccc6c5oc5ccccc56)c(-c5ccccc5)c4)cc3)c3ccccc3-c3ccccc3)cc2)cc1. The van der Waals surface area contributed by atoms with E-state index in [4.69, 9.17) is 4.42 Å². The lowest BCUT2D eigenvalue weighted by molar-refractivity contribution is 0.670. The molecule has 2 nitrogen and oxygen atoms in total. The Hall–Kier alpha value is -7.42. The second kappa shape index (κ2) is 14.4. The van der Waals surface area contributed by atoms with E-state index in [-0.39, 0.29) is 0 Å². The average molecular weight is 716 g/mol. The fraction of sp³-hybridized carbons (Fsp3) is 0. The summed E-state index contributed by atoms with van der Waals surface area (Å²) >= 11 is 0. The number of hydrogen-bond donors (Lipinski definition) is 0. The molecular formula is C54H37NO. The third-order valence-electron chi connectivity index (χ3n) is 10.7. The maximum absolute atomic E-state index is 6.51. The Kier molecular flexibility index (Phi) is 8.55. The van der Waals surface area contributed by atoms with Crippen molar-refractivity contribution in [3.63, 3.8) is 0 Å². The minimum absolute atomic E-state index is 0.903. The fourth-order valence-corrected chi connectivity index (χ4v) is 7.97. The molecule has 0 amide bonds. The van der Waals surface area contributed by atoms with Gasteiger partial charge in [-0.25, -0.2) is 0 Å². The number of hydrogen-bond acceptors (Lipinski definition) is 2. The number of fused-ring (bicyclic) bond motifs is 3. The lowest BCUT2D eigenvalue weighted by Gasteiger charge is -2.28. The first kappa shape index (κ1) is 33.2. The van der Waals surface area contributed by atoms with Gasteiger partial charge in [-0.05, 0) is 87.0 Å². The van der Waals surface area contributed by atoms with Gasteiger partial charge < -0.3 is 9.32 Å². The van der Waals surface area contributed by atoms with Crippen LogP contribution in [-0.2, 0) is 0 Å². The van der Waals surface area contributed by atoms with Crippen molar-refractivity contribution in [3.8, 4) is 55.6 Å². The molecular weight excluding hydrogens is 679 g/mol. The van der Waals surface area contributed by atoms with Crippen LogP contribution in [0.1, 0.15) is 0 Å². The minimum Gasteiger partial charge on any atom is -0.455 e. The maximum Gasteiger partial charge on any atom is 0.143 e. The highest BCUT2D eigenvalue weighted by Crippen LogP contribution is 2.44. The van der Waals surface area contributed by atoms with Crippen molar-refractivity contribution in [2.24, 2.45) is 0 Å². The molecule has 0 N–H and O–H groups in total. The van der Waals surface area contributed by atoms with Gasteiger partial charge in [0.25, 0.3) is 0 Å². The van der Waals surface area contributed by atoms with Crippen LogP contribution < -0.4 is 4.90 Å². The highest BCUT2D eigenvalue weighted by Gasteiger charge is 2.19. The summed E-state index contributed by atoms with van der Waals surface area (Å²) in [6.07, 6.45) is 0. The quantitative estimate of drug-likeness (QED) is 0.156. The van der Waals surface area contributed by atoms with Crippen LogP contribution in [0.4, 0.5) is 17.1 Å². The zero-order chi connectivity index (χ0) is 37.3. The topological polar surface area (TPSA) is 16.4 Å². The summed E-state index contributed by atoms with van der Waals surface area (Å²) < 4.78 is 6.51. The van der Waals surface area contributed by atoms with Gasteiger partial charge in [0.2, 0.25) is 0 Å². The number of furan rings is 1. The first-order valence-corrected chi connectivity index (χ1v) is 19.1. The van der Waals surface area contributed by atoms with Crippen LogP contribution in [-0.4, -0.2) is 0 Å². The smallest absolute Gasteiger partial charge is 0.143 e. The van der Waals surface area contributed by atoms with Crippen LogP contribution in [0.25, 0.3) is 77.6 Å². The van der Waals surface area contributed by atoms with Crippen molar-refractivity contribution in [2.45, 2.75) is 0 Å². The summed E-state index contributed by atoms with van der Waals surface area (Å²) in [4.78, 5) is 2.37. The first-order valence-electron chi connectivity index (χ1n) is 19.1. The highest BCUT2D eigenvalue weighted by molar-refractivity contribution is 6.10. The summed E-state index contributed by atoms with van der Waals surface area (Å²) in [5, 5.41) is 2.26. The number of nitrogens with zero attached hydrogens (tertiary/aromatic N) is 1. The van der Waals surface area contributed by atoms with Crippen LogP contribution in [0, 0.1) is 0 Å². The van der Waals surface area contributed by atoms with Crippen molar-refractivity contribution < 1.29 is 4.42 Å². The molecule has 0 unspecified atom stereocenters. The second-order valence-corrected chi connectivity index (χ2v) is 14.1. The number of benzene rings is 9. The molecule has 2 heteroatoms. The molecule has 10 aromatic rings. The van der Waals surface area contributed by atoms with Gasteiger partial charge in [0.1, 0.15) is 11.2 Å². The van der Waals surface area contributed by atoms with Crippen molar-refractivity contribution in [1.29, 1.82) is 0 Å². The van der Waals surface area contributed by atoms with E-state index < -0.39 is 0 Å². The van der Waals surface area contributed by atoms with E-state index >= 15 is 0 Å². The number of para-hydroxylation sites is 3. The molecule has 9 aromatic carbocycles. The zero-order valence-electron chi connectivity index (χ0n) is 30.7. The Morgan fingerprint density at radius 1 is 0.286 bits per heavy atom. The molecule has 0 aliphatic heterocycles. The van der Waals surface area contributed by atoms with Gasteiger partial charge >= 0.3 is 0 Å². The fourth-order valence-electron chi connectivity index (χ4n) is 7.97. The van der Waals surface area contributed by atoms with Gasteiger partial charge in [-0.3, -0.25) is 0 Å². The molecule has 0 spiro atoms. The lowest BCUT2D eigenvalue weighted by atomic mass is 9.90. The third-order valence-corrected chi connectivity index (χ3v) is 10.7. The second-order valence-electron chi connectivity index (χ2n) is 14.1. The Bertz CT molecular complexity index is 2930. The monoisotopic (exact) mass is 715 g/mol. The van der Waals surface area contributed by atoms with Crippen molar-refractivity contribution in [2.75, 3.05) is 4.90 Å². The normalized spacial score (nSPS) is 11.2. The van der Waals surface area contributed by atoms with E-state index in [1.165, 1.54) is 22.3 Å². The minimum atomic E-state index is 0.903. The number of rotatable bonds is 8. The summed E-state index contributed by atoms with van der Waals surface area (Å²) in [5.74, 6) is 0. The Balaban J connectivity index is 1.08.